The molecular formula is C15H9BrF2N2OS. The number of halogens is 3. The van der Waals surface area contributed by atoms with E-state index >= 15 is 0 Å². The normalized spacial score (nSPS) is 10.1. The zero-order valence-electron chi connectivity index (χ0n) is 11.1. The van der Waals surface area contributed by atoms with Gasteiger partial charge >= 0.3 is 0 Å². The van der Waals surface area contributed by atoms with Crippen molar-refractivity contribution in [2.75, 3.05) is 11.1 Å². The number of hydrogen-bond acceptors (Lipinski definition) is 3. The minimum atomic E-state index is -0.844. The second-order valence-electron chi connectivity index (χ2n) is 4.22. The summed E-state index contributed by atoms with van der Waals surface area (Å²) in [5.74, 6) is -2.21. The fraction of sp³-hybridized carbons (Fsp3) is 0.0667. The summed E-state index contributed by atoms with van der Waals surface area (Å²) in [6.45, 7) is 0. The predicted octanol–water partition coefficient (Wildman–Crippen LogP) is 4.33. The maximum Gasteiger partial charge on any atom is 0.234 e. The lowest BCUT2D eigenvalue weighted by molar-refractivity contribution is -0.113. The van der Waals surface area contributed by atoms with E-state index in [0.717, 1.165) is 17.0 Å². The third-order valence-electron chi connectivity index (χ3n) is 2.62. The van der Waals surface area contributed by atoms with Gasteiger partial charge in [-0.15, -0.1) is 11.8 Å². The minimum Gasteiger partial charge on any atom is -0.320 e. The van der Waals surface area contributed by atoms with Crippen molar-refractivity contribution >= 4 is 39.3 Å². The van der Waals surface area contributed by atoms with Crippen LogP contribution in [0.3, 0.4) is 0 Å². The van der Waals surface area contributed by atoms with E-state index in [1.54, 1.807) is 24.3 Å². The van der Waals surface area contributed by atoms with Crippen molar-refractivity contribution in [1.29, 1.82) is 5.26 Å². The third kappa shape index (κ3) is 4.29. The van der Waals surface area contributed by atoms with Gasteiger partial charge in [0, 0.05) is 9.37 Å². The van der Waals surface area contributed by atoms with E-state index in [4.69, 9.17) is 5.26 Å². The monoisotopic (exact) mass is 382 g/mol. The molecule has 0 aromatic heterocycles. The number of nitriles is 1. The first-order valence-corrected chi connectivity index (χ1v) is 7.85. The molecular weight excluding hydrogens is 374 g/mol. The van der Waals surface area contributed by atoms with Crippen LogP contribution in [0.5, 0.6) is 0 Å². The number of rotatable bonds is 4. The van der Waals surface area contributed by atoms with E-state index in [0.29, 0.717) is 5.56 Å². The molecule has 22 heavy (non-hydrogen) atoms. The molecule has 0 radical (unpaired) electrons. The molecule has 2 aromatic rings. The smallest absolute Gasteiger partial charge is 0.234 e. The van der Waals surface area contributed by atoms with Gasteiger partial charge in [0.25, 0.3) is 0 Å². The maximum atomic E-state index is 13.6. The van der Waals surface area contributed by atoms with Crippen LogP contribution in [0.25, 0.3) is 0 Å². The number of amides is 1. The highest BCUT2D eigenvalue weighted by Gasteiger charge is 2.13. The van der Waals surface area contributed by atoms with Gasteiger partial charge in [0.15, 0.2) is 11.6 Å². The molecule has 0 saturated heterocycles. The van der Waals surface area contributed by atoms with E-state index in [9.17, 15) is 13.6 Å². The Hall–Kier alpha value is -1.91. The maximum absolute atomic E-state index is 13.6. The number of carbonyl (C=O) groups is 1. The Morgan fingerprint density at radius 1 is 1.23 bits per heavy atom. The Morgan fingerprint density at radius 3 is 2.36 bits per heavy atom. The van der Waals surface area contributed by atoms with E-state index in [-0.39, 0.29) is 10.2 Å². The van der Waals surface area contributed by atoms with Gasteiger partial charge in [-0.2, -0.15) is 5.26 Å². The third-order valence-corrected chi connectivity index (χ3v) is 4.09. The average molecular weight is 383 g/mol. The van der Waals surface area contributed by atoms with Crippen LogP contribution in [0.1, 0.15) is 5.56 Å². The Morgan fingerprint density at radius 2 is 1.82 bits per heavy atom. The Bertz CT molecular complexity index is 721. The molecule has 0 atom stereocenters. The lowest BCUT2D eigenvalue weighted by Gasteiger charge is -2.08. The summed E-state index contributed by atoms with van der Waals surface area (Å²) < 4.78 is 27.4. The molecule has 7 heteroatoms. The molecule has 0 aliphatic rings. The van der Waals surface area contributed by atoms with Crippen LogP contribution in [0.4, 0.5) is 14.5 Å². The number of thioether (sulfide) groups is 1. The summed E-state index contributed by atoms with van der Waals surface area (Å²) in [6.07, 6.45) is 0. The summed E-state index contributed by atoms with van der Waals surface area (Å²) in [5.41, 5.74) is 0.0569. The number of nitrogens with one attached hydrogen (secondary N) is 1. The second-order valence-corrected chi connectivity index (χ2v) is 6.18. The molecule has 2 rings (SSSR count). The van der Waals surface area contributed by atoms with Crippen molar-refractivity contribution < 1.29 is 13.6 Å². The molecule has 0 spiro atoms. The number of hydrogen-bond donors (Lipinski definition) is 1. The second kappa shape index (κ2) is 7.38. The largest absolute Gasteiger partial charge is 0.320 e. The van der Waals surface area contributed by atoms with Crippen molar-refractivity contribution in [3.63, 3.8) is 0 Å². The SMILES string of the molecule is N#Cc1ccc(SCC(=O)Nc2c(F)cc(Br)cc2F)cc1. The van der Waals surface area contributed by atoms with E-state index in [1.165, 1.54) is 11.8 Å². The summed E-state index contributed by atoms with van der Waals surface area (Å²) >= 11 is 4.17. The Labute approximate surface area is 138 Å². The lowest BCUT2D eigenvalue weighted by atomic mass is 10.2. The van der Waals surface area contributed by atoms with Gasteiger partial charge in [-0.1, -0.05) is 15.9 Å². The van der Waals surface area contributed by atoms with Gasteiger partial charge in [0.2, 0.25) is 5.91 Å². The van der Waals surface area contributed by atoms with Gasteiger partial charge in [-0.05, 0) is 36.4 Å². The molecule has 0 fully saturated rings. The van der Waals surface area contributed by atoms with Gasteiger partial charge in [0.1, 0.15) is 5.69 Å². The van der Waals surface area contributed by atoms with Crippen molar-refractivity contribution in [1.82, 2.24) is 0 Å². The van der Waals surface area contributed by atoms with Gasteiger partial charge in [0.05, 0.1) is 17.4 Å². The number of benzene rings is 2. The summed E-state index contributed by atoms with van der Waals surface area (Å²) in [6, 6.07) is 10.8. The van der Waals surface area contributed by atoms with E-state index < -0.39 is 23.2 Å². The van der Waals surface area contributed by atoms with Crippen molar-refractivity contribution in [2.45, 2.75) is 4.90 Å². The highest BCUT2D eigenvalue weighted by Crippen LogP contribution is 2.24. The molecule has 112 valence electrons. The van der Waals surface area contributed by atoms with Gasteiger partial charge < -0.3 is 5.32 Å². The van der Waals surface area contributed by atoms with Crippen LogP contribution >= 0.6 is 27.7 Å². The number of carbonyl (C=O) groups excluding carboxylic acids is 1. The van der Waals surface area contributed by atoms with Crippen molar-refractivity contribution in [3.8, 4) is 6.07 Å². The van der Waals surface area contributed by atoms with E-state index in [2.05, 4.69) is 21.2 Å². The van der Waals surface area contributed by atoms with Crippen LogP contribution in [0.15, 0.2) is 45.8 Å². The first-order chi connectivity index (χ1) is 10.5. The number of nitrogens with zero attached hydrogens (tertiary/aromatic N) is 1. The summed E-state index contributed by atoms with van der Waals surface area (Å²) in [5, 5.41) is 10.9. The van der Waals surface area contributed by atoms with Crippen LogP contribution < -0.4 is 5.32 Å². The van der Waals surface area contributed by atoms with Crippen molar-refractivity contribution in [2.24, 2.45) is 0 Å². The molecule has 0 aliphatic heterocycles. The van der Waals surface area contributed by atoms with Crippen LogP contribution in [-0.2, 0) is 4.79 Å². The molecule has 0 saturated carbocycles. The van der Waals surface area contributed by atoms with Crippen LogP contribution in [0.2, 0.25) is 0 Å². The average Bonchev–Trinajstić information content (AvgIpc) is 2.49. The summed E-state index contributed by atoms with van der Waals surface area (Å²) in [7, 11) is 0. The quantitative estimate of drug-likeness (QED) is 0.800. The topological polar surface area (TPSA) is 52.9 Å². The first-order valence-electron chi connectivity index (χ1n) is 6.07. The molecule has 0 bridgehead atoms. The Balaban J connectivity index is 1.97. The molecule has 0 aliphatic carbocycles. The molecule has 1 N–H and O–H groups in total. The molecule has 0 heterocycles. The fourth-order valence-corrected chi connectivity index (χ4v) is 2.71. The van der Waals surface area contributed by atoms with Crippen LogP contribution in [0, 0.1) is 23.0 Å². The standard InChI is InChI=1S/C15H9BrF2N2OS/c16-10-5-12(17)15(13(18)6-10)20-14(21)8-22-11-3-1-9(7-19)2-4-11/h1-6H,8H2,(H,20,21). The van der Waals surface area contributed by atoms with Crippen LogP contribution in [-0.4, -0.2) is 11.7 Å². The first kappa shape index (κ1) is 16.5. The Kier molecular flexibility index (Phi) is 5.52. The molecule has 2 aromatic carbocycles. The minimum absolute atomic E-state index is 0.000837. The van der Waals surface area contributed by atoms with Crippen molar-refractivity contribution in [3.05, 3.63) is 58.1 Å². The molecule has 3 nitrogen and oxygen atoms in total. The highest BCUT2D eigenvalue weighted by molar-refractivity contribution is 9.10. The summed E-state index contributed by atoms with van der Waals surface area (Å²) in [4.78, 5) is 12.6. The van der Waals surface area contributed by atoms with E-state index in [1.807, 2.05) is 6.07 Å². The molecule has 0 unspecified atom stereocenters. The molecule has 1 amide bonds. The van der Waals surface area contributed by atoms with Gasteiger partial charge in [-0.25, -0.2) is 8.78 Å². The zero-order valence-corrected chi connectivity index (χ0v) is 13.5. The predicted molar refractivity (Wildman–Crippen MR) is 84.6 cm³/mol. The van der Waals surface area contributed by atoms with Gasteiger partial charge in [-0.3, -0.25) is 4.79 Å². The fourth-order valence-electron chi connectivity index (χ4n) is 1.61. The number of anilines is 1. The zero-order chi connectivity index (χ0) is 16.1. The highest BCUT2D eigenvalue weighted by atomic mass is 79.9. The lowest BCUT2D eigenvalue weighted by Crippen LogP contribution is -2.16.